The summed E-state index contributed by atoms with van der Waals surface area (Å²) in [5, 5.41) is 8.50. The van der Waals surface area contributed by atoms with Crippen LogP contribution in [-0.2, 0) is 17.9 Å². The molecule has 0 radical (unpaired) electrons. The van der Waals surface area contributed by atoms with Crippen molar-refractivity contribution in [2.24, 2.45) is 0 Å². The Morgan fingerprint density at radius 1 is 1.10 bits per heavy atom. The lowest BCUT2D eigenvalue weighted by Crippen LogP contribution is -2.34. The van der Waals surface area contributed by atoms with E-state index >= 15 is 0 Å². The smallest absolute Gasteiger partial charge is 0.291 e. The molecule has 2 aromatic carbocycles. The number of nitrogens with one attached hydrogen (secondary N) is 1. The molecule has 0 spiro atoms. The molecule has 0 unspecified atom stereocenters. The molecule has 29 heavy (non-hydrogen) atoms. The molecule has 0 aliphatic heterocycles. The molecule has 4 aromatic rings. The first-order valence-electron chi connectivity index (χ1n) is 9.57. The van der Waals surface area contributed by atoms with Gasteiger partial charge in [0.05, 0.1) is 12.7 Å². The predicted octanol–water partition coefficient (Wildman–Crippen LogP) is 3.06. The number of aromatic nitrogens is 3. The minimum atomic E-state index is -0.373. The average Bonchev–Trinajstić information content (AvgIpc) is 3.05. The van der Waals surface area contributed by atoms with Gasteiger partial charge in [0.15, 0.2) is 0 Å². The van der Waals surface area contributed by atoms with E-state index in [9.17, 15) is 14.0 Å². The van der Waals surface area contributed by atoms with Gasteiger partial charge in [0.25, 0.3) is 5.56 Å². The third-order valence-corrected chi connectivity index (χ3v) is 4.93. The standard InChI is InChI=1S/C22H21FN4O2/c1-2-11-24-20(28)14-27-22(29)21-17(12-25-27)16-8-4-6-10-19(16)26(21)13-15-7-3-5-9-18(15)23/h3-10,12H,2,11,13-14H2,1H3,(H,24,28). The summed E-state index contributed by atoms with van der Waals surface area (Å²) >= 11 is 0. The molecule has 0 saturated carbocycles. The van der Waals surface area contributed by atoms with Gasteiger partial charge in [0, 0.05) is 28.4 Å². The van der Waals surface area contributed by atoms with E-state index in [1.165, 1.54) is 6.07 Å². The van der Waals surface area contributed by atoms with Crippen molar-refractivity contribution in [3.63, 3.8) is 0 Å². The first-order chi connectivity index (χ1) is 14.1. The van der Waals surface area contributed by atoms with Gasteiger partial charge >= 0.3 is 0 Å². The van der Waals surface area contributed by atoms with Crippen molar-refractivity contribution in [2.45, 2.75) is 26.4 Å². The van der Waals surface area contributed by atoms with E-state index in [1.807, 2.05) is 31.2 Å². The minimum Gasteiger partial charge on any atom is -0.355 e. The SMILES string of the molecule is CCCNC(=O)Cn1ncc2c3ccccc3n(Cc3ccccc3F)c2c1=O. The summed E-state index contributed by atoms with van der Waals surface area (Å²) in [6.45, 7) is 2.55. The number of carbonyl (C=O) groups is 1. The Morgan fingerprint density at radius 3 is 2.66 bits per heavy atom. The monoisotopic (exact) mass is 392 g/mol. The summed E-state index contributed by atoms with van der Waals surface area (Å²) in [5.74, 6) is -0.593. The molecular weight excluding hydrogens is 371 g/mol. The fraction of sp³-hybridized carbons (Fsp3) is 0.227. The van der Waals surface area contributed by atoms with E-state index in [-0.39, 0.29) is 30.4 Å². The molecule has 6 nitrogen and oxygen atoms in total. The molecule has 2 aromatic heterocycles. The van der Waals surface area contributed by atoms with Gasteiger partial charge in [-0.1, -0.05) is 43.3 Å². The van der Waals surface area contributed by atoms with Gasteiger partial charge in [0.1, 0.15) is 17.9 Å². The second-order valence-electron chi connectivity index (χ2n) is 6.91. The zero-order chi connectivity index (χ0) is 20.4. The Hall–Kier alpha value is -3.48. The van der Waals surface area contributed by atoms with Crippen molar-refractivity contribution >= 4 is 27.7 Å². The van der Waals surface area contributed by atoms with Crippen molar-refractivity contribution in [3.05, 3.63) is 76.5 Å². The van der Waals surface area contributed by atoms with Crippen molar-refractivity contribution in [1.82, 2.24) is 19.7 Å². The number of para-hydroxylation sites is 1. The topological polar surface area (TPSA) is 68.9 Å². The Kier molecular flexibility index (Phi) is 5.12. The minimum absolute atomic E-state index is 0.157. The number of benzene rings is 2. The highest BCUT2D eigenvalue weighted by Crippen LogP contribution is 2.27. The van der Waals surface area contributed by atoms with E-state index < -0.39 is 0 Å². The molecule has 0 aliphatic rings. The second-order valence-corrected chi connectivity index (χ2v) is 6.91. The lowest BCUT2D eigenvalue weighted by molar-refractivity contribution is -0.121. The third kappa shape index (κ3) is 3.51. The van der Waals surface area contributed by atoms with Crippen LogP contribution in [0, 0.1) is 5.82 Å². The maximum atomic E-state index is 14.3. The van der Waals surface area contributed by atoms with E-state index in [1.54, 1.807) is 29.0 Å². The molecule has 0 fully saturated rings. The molecule has 2 heterocycles. The van der Waals surface area contributed by atoms with Crippen molar-refractivity contribution in [2.75, 3.05) is 6.54 Å². The van der Waals surface area contributed by atoms with E-state index in [0.717, 1.165) is 22.0 Å². The Bertz CT molecular complexity index is 1260. The molecule has 4 rings (SSSR count). The van der Waals surface area contributed by atoms with Crippen LogP contribution < -0.4 is 10.9 Å². The molecule has 7 heteroatoms. The Balaban J connectivity index is 1.88. The van der Waals surface area contributed by atoms with Crippen LogP contribution in [0.2, 0.25) is 0 Å². The normalized spacial score (nSPS) is 11.2. The number of amides is 1. The quantitative estimate of drug-likeness (QED) is 0.548. The van der Waals surface area contributed by atoms with Crippen LogP contribution in [0.3, 0.4) is 0 Å². The van der Waals surface area contributed by atoms with Crippen LogP contribution in [-0.4, -0.2) is 26.8 Å². The largest absolute Gasteiger partial charge is 0.355 e. The second kappa shape index (κ2) is 7.87. The molecule has 0 atom stereocenters. The maximum absolute atomic E-state index is 14.3. The fourth-order valence-electron chi connectivity index (χ4n) is 3.52. The predicted molar refractivity (Wildman–Crippen MR) is 110 cm³/mol. The lowest BCUT2D eigenvalue weighted by Gasteiger charge is -2.10. The summed E-state index contributed by atoms with van der Waals surface area (Å²) in [5.41, 5.74) is 1.34. The zero-order valence-electron chi connectivity index (χ0n) is 16.1. The Morgan fingerprint density at radius 2 is 1.86 bits per heavy atom. The van der Waals surface area contributed by atoms with E-state index in [0.29, 0.717) is 23.0 Å². The van der Waals surface area contributed by atoms with E-state index in [2.05, 4.69) is 10.4 Å². The number of halogens is 1. The van der Waals surface area contributed by atoms with Crippen molar-refractivity contribution in [3.8, 4) is 0 Å². The van der Waals surface area contributed by atoms with Gasteiger partial charge in [-0.2, -0.15) is 5.10 Å². The first kappa shape index (κ1) is 18.9. The van der Waals surface area contributed by atoms with Gasteiger partial charge < -0.3 is 9.88 Å². The molecule has 0 bridgehead atoms. The number of carbonyl (C=O) groups excluding carboxylic acids is 1. The maximum Gasteiger partial charge on any atom is 0.291 e. The summed E-state index contributed by atoms with van der Waals surface area (Å²) in [6, 6.07) is 14.1. The molecule has 1 N–H and O–H groups in total. The van der Waals surface area contributed by atoms with Gasteiger partial charge in [-0.05, 0) is 18.6 Å². The summed E-state index contributed by atoms with van der Waals surface area (Å²) in [7, 11) is 0. The van der Waals surface area contributed by atoms with E-state index in [4.69, 9.17) is 0 Å². The van der Waals surface area contributed by atoms with Crippen molar-refractivity contribution in [1.29, 1.82) is 0 Å². The van der Waals surface area contributed by atoms with Gasteiger partial charge in [-0.3, -0.25) is 9.59 Å². The number of nitrogens with zero attached hydrogens (tertiary/aromatic N) is 3. The number of hydrogen-bond donors (Lipinski definition) is 1. The number of rotatable bonds is 6. The van der Waals surface area contributed by atoms with Gasteiger partial charge in [-0.15, -0.1) is 0 Å². The molecular formula is C22H21FN4O2. The van der Waals surface area contributed by atoms with Crippen molar-refractivity contribution < 1.29 is 9.18 Å². The summed E-state index contributed by atoms with van der Waals surface area (Å²) in [4.78, 5) is 25.3. The van der Waals surface area contributed by atoms with Crippen LogP contribution in [0.5, 0.6) is 0 Å². The van der Waals surface area contributed by atoms with Crippen LogP contribution in [0.25, 0.3) is 21.8 Å². The molecule has 0 aliphatic carbocycles. The molecule has 0 saturated heterocycles. The van der Waals surface area contributed by atoms with Gasteiger partial charge in [0.2, 0.25) is 5.91 Å². The first-order valence-corrected chi connectivity index (χ1v) is 9.57. The van der Waals surface area contributed by atoms with Crippen LogP contribution in [0.1, 0.15) is 18.9 Å². The highest BCUT2D eigenvalue weighted by molar-refractivity contribution is 6.07. The van der Waals surface area contributed by atoms with Crippen LogP contribution >= 0.6 is 0 Å². The lowest BCUT2D eigenvalue weighted by atomic mass is 10.2. The fourth-order valence-corrected chi connectivity index (χ4v) is 3.52. The van der Waals surface area contributed by atoms with Gasteiger partial charge in [-0.25, -0.2) is 9.07 Å². The number of fused-ring (bicyclic) bond motifs is 3. The summed E-state index contributed by atoms with van der Waals surface area (Å²) < 4.78 is 17.2. The average molecular weight is 392 g/mol. The number of hydrogen-bond acceptors (Lipinski definition) is 3. The molecule has 148 valence electrons. The highest BCUT2D eigenvalue weighted by atomic mass is 19.1. The van der Waals surface area contributed by atoms with Crippen LogP contribution in [0.15, 0.2) is 59.5 Å². The molecule has 1 amide bonds. The highest BCUT2D eigenvalue weighted by Gasteiger charge is 2.17. The van der Waals surface area contributed by atoms with Crippen LogP contribution in [0.4, 0.5) is 4.39 Å². The Labute approximate surface area is 166 Å². The summed E-state index contributed by atoms with van der Waals surface area (Å²) in [6.07, 6.45) is 2.41. The third-order valence-electron chi connectivity index (χ3n) is 4.93. The zero-order valence-corrected chi connectivity index (χ0v) is 16.1.